The van der Waals surface area contributed by atoms with Crippen LogP contribution in [-0.4, -0.2) is 29.8 Å². The minimum atomic E-state index is 0.330. The van der Waals surface area contributed by atoms with E-state index in [4.69, 9.17) is 5.73 Å². The maximum absolute atomic E-state index is 6.12. The highest BCUT2D eigenvalue weighted by Crippen LogP contribution is 2.40. The third-order valence-electron chi connectivity index (χ3n) is 4.60. The molecule has 3 rings (SSSR count). The summed E-state index contributed by atoms with van der Waals surface area (Å²) in [5.41, 5.74) is 7.67. The van der Waals surface area contributed by atoms with Crippen molar-refractivity contribution < 1.29 is 0 Å². The molecule has 0 saturated carbocycles. The van der Waals surface area contributed by atoms with Crippen LogP contribution in [-0.2, 0) is 0 Å². The smallest absolute Gasteiger partial charge is 0.0367 e. The van der Waals surface area contributed by atoms with Crippen LogP contribution in [0.3, 0.4) is 0 Å². The summed E-state index contributed by atoms with van der Waals surface area (Å²) in [6.07, 6.45) is 3.89. The lowest BCUT2D eigenvalue weighted by molar-refractivity contribution is 0.109. The third-order valence-corrected chi connectivity index (χ3v) is 5.72. The summed E-state index contributed by atoms with van der Waals surface area (Å²) in [5.74, 6) is 1.93. The molecule has 0 amide bonds. The molecule has 1 fully saturated rings. The van der Waals surface area contributed by atoms with Crippen molar-refractivity contribution in [2.75, 3.05) is 18.8 Å². The second kappa shape index (κ2) is 5.86. The first-order chi connectivity index (χ1) is 9.25. The van der Waals surface area contributed by atoms with Crippen LogP contribution < -0.4 is 5.73 Å². The molecule has 0 radical (unpaired) electrons. The summed E-state index contributed by atoms with van der Waals surface area (Å²) in [6, 6.07) is 9.90. The number of hydrogen-bond acceptors (Lipinski definition) is 3. The first-order valence-corrected chi connectivity index (χ1v) is 8.45. The maximum Gasteiger partial charge on any atom is 0.0367 e. The van der Waals surface area contributed by atoms with Crippen molar-refractivity contribution >= 4 is 11.8 Å². The van der Waals surface area contributed by atoms with Crippen molar-refractivity contribution in [1.29, 1.82) is 0 Å². The summed E-state index contributed by atoms with van der Waals surface area (Å²) in [5, 5.41) is 0. The van der Waals surface area contributed by atoms with Crippen molar-refractivity contribution in [3.8, 4) is 0 Å². The number of nitrogens with zero attached hydrogens (tertiary/aromatic N) is 1. The van der Waals surface area contributed by atoms with Crippen LogP contribution in [0.15, 0.2) is 29.2 Å². The Morgan fingerprint density at radius 3 is 3.00 bits per heavy atom. The van der Waals surface area contributed by atoms with Crippen LogP contribution in [0.1, 0.15) is 37.8 Å². The van der Waals surface area contributed by atoms with Crippen molar-refractivity contribution in [2.24, 2.45) is 11.7 Å². The van der Waals surface area contributed by atoms with E-state index in [1.165, 1.54) is 43.0 Å². The monoisotopic (exact) mass is 276 g/mol. The van der Waals surface area contributed by atoms with Gasteiger partial charge in [0.05, 0.1) is 0 Å². The molecule has 2 nitrogen and oxygen atoms in total. The lowest BCUT2D eigenvalue weighted by Gasteiger charge is -2.41. The largest absolute Gasteiger partial charge is 0.328 e. The zero-order valence-corrected chi connectivity index (χ0v) is 12.5. The fraction of sp³-hybridized carbons (Fsp3) is 0.625. The number of hydrogen-bond donors (Lipinski definition) is 1. The molecular formula is C16H24N2S. The van der Waals surface area contributed by atoms with Crippen molar-refractivity contribution in [2.45, 2.75) is 43.2 Å². The van der Waals surface area contributed by atoms with Crippen molar-refractivity contribution in [3.63, 3.8) is 0 Å². The average Bonchev–Trinajstić information content (AvgIpc) is 2.47. The van der Waals surface area contributed by atoms with Crippen LogP contribution >= 0.6 is 11.8 Å². The van der Waals surface area contributed by atoms with E-state index in [0.717, 1.165) is 0 Å². The van der Waals surface area contributed by atoms with E-state index in [1.807, 2.05) is 11.8 Å². The zero-order valence-electron chi connectivity index (χ0n) is 11.7. The van der Waals surface area contributed by atoms with E-state index in [2.05, 4.69) is 36.1 Å². The van der Waals surface area contributed by atoms with Gasteiger partial charge in [0.25, 0.3) is 0 Å². The number of nitrogens with two attached hydrogens (primary N) is 1. The van der Waals surface area contributed by atoms with Gasteiger partial charge >= 0.3 is 0 Å². The molecule has 2 aliphatic rings. The first-order valence-electron chi connectivity index (χ1n) is 7.47. The Balaban J connectivity index is 1.79. The van der Waals surface area contributed by atoms with Crippen LogP contribution in [0.5, 0.6) is 0 Å². The standard InChI is InChI=1S/C16H24N2S/c1-12(17)13-5-4-9-18(11-13)15-8-10-19-16-7-3-2-6-14(15)16/h2-3,6-7,12-13,15H,4-5,8-11,17H2,1H3. The Bertz CT molecular complexity index is 433. The van der Waals surface area contributed by atoms with Gasteiger partial charge in [-0.1, -0.05) is 18.2 Å². The van der Waals surface area contributed by atoms with Crippen molar-refractivity contribution in [3.05, 3.63) is 29.8 Å². The highest BCUT2D eigenvalue weighted by atomic mass is 32.2. The molecule has 0 spiro atoms. The second-order valence-electron chi connectivity index (χ2n) is 5.95. The van der Waals surface area contributed by atoms with Crippen LogP contribution in [0.2, 0.25) is 0 Å². The molecule has 1 saturated heterocycles. The lowest BCUT2D eigenvalue weighted by atomic mass is 9.89. The van der Waals surface area contributed by atoms with Gasteiger partial charge < -0.3 is 5.73 Å². The summed E-state index contributed by atoms with van der Waals surface area (Å²) in [4.78, 5) is 4.18. The minimum absolute atomic E-state index is 0.330. The second-order valence-corrected chi connectivity index (χ2v) is 7.08. The molecule has 0 bridgehead atoms. The molecular weight excluding hydrogens is 252 g/mol. The minimum Gasteiger partial charge on any atom is -0.328 e. The van der Waals surface area contributed by atoms with E-state index in [1.54, 1.807) is 5.56 Å². The highest BCUT2D eigenvalue weighted by Gasteiger charge is 2.31. The number of fused-ring (bicyclic) bond motifs is 1. The topological polar surface area (TPSA) is 29.3 Å². The highest BCUT2D eigenvalue weighted by molar-refractivity contribution is 7.99. The molecule has 2 heterocycles. The lowest BCUT2D eigenvalue weighted by Crippen LogP contribution is -2.44. The van der Waals surface area contributed by atoms with Gasteiger partial charge in [0, 0.05) is 23.5 Å². The van der Waals surface area contributed by atoms with Gasteiger partial charge in [0.15, 0.2) is 0 Å². The molecule has 0 aromatic heterocycles. The van der Waals surface area contributed by atoms with Crippen LogP contribution in [0.25, 0.3) is 0 Å². The Kier molecular flexibility index (Phi) is 4.15. The Morgan fingerprint density at radius 1 is 1.32 bits per heavy atom. The summed E-state index contributed by atoms with van der Waals surface area (Å²) in [7, 11) is 0. The Hall–Kier alpha value is -0.510. The van der Waals surface area contributed by atoms with Gasteiger partial charge in [-0.15, -0.1) is 11.8 Å². The zero-order chi connectivity index (χ0) is 13.2. The molecule has 1 aromatic carbocycles. The quantitative estimate of drug-likeness (QED) is 0.899. The fourth-order valence-electron chi connectivity index (χ4n) is 3.46. The van der Waals surface area contributed by atoms with E-state index in [-0.39, 0.29) is 0 Å². The SMILES string of the molecule is CC(N)C1CCCN(C2CCSc3ccccc32)C1. The molecule has 3 unspecified atom stereocenters. The third kappa shape index (κ3) is 2.83. The van der Waals surface area contributed by atoms with Gasteiger partial charge in [-0.2, -0.15) is 0 Å². The number of thioether (sulfide) groups is 1. The molecule has 19 heavy (non-hydrogen) atoms. The molecule has 3 heteroatoms. The molecule has 2 N–H and O–H groups in total. The molecule has 3 atom stereocenters. The Morgan fingerprint density at radius 2 is 2.16 bits per heavy atom. The van der Waals surface area contributed by atoms with Gasteiger partial charge in [0.1, 0.15) is 0 Å². The number of benzene rings is 1. The predicted octanol–water partition coefficient (Wildman–Crippen LogP) is 3.28. The first kappa shape index (κ1) is 13.5. The number of rotatable bonds is 2. The van der Waals surface area contributed by atoms with Crippen LogP contribution in [0.4, 0.5) is 0 Å². The van der Waals surface area contributed by atoms with Gasteiger partial charge in [0.2, 0.25) is 0 Å². The van der Waals surface area contributed by atoms with Gasteiger partial charge in [-0.05, 0) is 56.0 Å². The summed E-state index contributed by atoms with van der Waals surface area (Å²) < 4.78 is 0. The molecule has 0 aliphatic carbocycles. The average molecular weight is 276 g/mol. The summed E-state index contributed by atoms with van der Waals surface area (Å²) >= 11 is 2.01. The van der Waals surface area contributed by atoms with Crippen LogP contribution in [0, 0.1) is 5.92 Å². The predicted molar refractivity (Wildman–Crippen MR) is 82.5 cm³/mol. The van der Waals surface area contributed by atoms with E-state index in [9.17, 15) is 0 Å². The molecule has 104 valence electrons. The number of piperidine rings is 1. The van der Waals surface area contributed by atoms with Crippen molar-refractivity contribution in [1.82, 2.24) is 4.90 Å². The molecule has 2 aliphatic heterocycles. The summed E-state index contributed by atoms with van der Waals surface area (Å²) in [6.45, 7) is 4.59. The fourth-order valence-corrected chi connectivity index (χ4v) is 4.56. The van der Waals surface area contributed by atoms with E-state index >= 15 is 0 Å². The molecule has 1 aromatic rings. The Labute approximate surface area is 120 Å². The van der Waals surface area contributed by atoms with E-state index < -0.39 is 0 Å². The van der Waals surface area contributed by atoms with Gasteiger partial charge in [-0.3, -0.25) is 4.90 Å². The maximum atomic E-state index is 6.12. The normalized spacial score (nSPS) is 29.8. The number of likely N-dealkylation sites (tertiary alicyclic amines) is 1. The van der Waals surface area contributed by atoms with E-state index in [0.29, 0.717) is 18.0 Å². The van der Waals surface area contributed by atoms with Gasteiger partial charge in [-0.25, -0.2) is 0 Å².